The molecular weight excluding hydrogens is 323 g/mol. The van der Waals surface area contributed by atoms with Crippen LogP contribution in [0.5, 0.6) is 5.75 Å². The van der Waals surface area contributed by atoms with Gasteiger partial charge in [-0.15, -0.1) is 0 Å². The molecule has 4 rings (SSSR count). The first kappa shape index (κ1) is 15.6. The van der Waals surface area contributed by atoms with Crippen LogP contribution in [0.25, 0.3) is 0 Å². The number of nitrogens with one attached hydrogen (secondary N) is 1. The molecule has 0 aromatic heterocycles. The zero-order valence-electron chi connectivity index (χ0n) is 13.7. The second kappa shape index (κ2) is 5.58. The number of carbonyl (C=O) groups is 2. The molecule has 1 aliphatic carbocycles. The van der Waals surface area contributed by atoms with Crippen molar-refractivity contribution in [3.05, 3.63) is 65.0 Å². The Morgan fingerprint density at radius 3 is 2.80 bits per heavy atom. The summed E-state index contributed by atoms with van der Waals surface area (Å²) in [5, 5.41) is 2.86. The SMILES string of the molecule is COc1ccc(CN2C(=O)N[C@@]3(CCc4ccccc43)C2=O)cc1F. The van der Waals surface area contributed by atoms with Gasteiger partial charge in [-0.1, -0.05) is 30.3 Å². The lowest BCUT2D eigenvalue weighted by Gasteiger charge is -2.22. The van der Waals surface area contributed by atoms with Gasteiger partial charge in [0.25, 0.3) is 5.91 Å². The highest BCUT2D eigenvalue weighted by Gasteiger charge is 2.55. The Bertz CT molecular complexity index is 883. The molecule has 2 aliphatic rings. The first-order valence-electron chi connectivity index (χ1n) is 8.10. The van der Waals surface area contributed by atoms with Crippen LogP contribution in [0.15, 0.2) is 42.5 Å². The third-order valence-electron chi connectivity index (χ3n) is 4.98. The summed E-state index contributed by atoms with van der Waals surface area (Å²) in [6.45, 7) is 0.0233. The molecule has 0 bridgehead atoms. The number of amides is 3. The monoisotopic (exact) mass is 340 g/mol. The smallest absolute Gasteiger partial charge is 0.325 e. The Balaban J connectivity index is 1.64. The van der Waals surface area contributed by atoms with Gasteiger partial charge in [0, 0.05) is 0 Å². The Morgan fingerprint density at radius 2 is 2.04 bits per heavy atom. The Hall–Kier alpha value is -2.89. The van der Waals surface area contributed by atoms with Crippen LogP contribution in [0.4, 0.5) is 9.18 Å². The second-order valence-corrected chi connectivity index (χ2v) is 6.35. The Labute approximate surface area is 144 Å². The predicted molar refractivity (Wildman–Crippen MR) is 88.5 cm³/mol. The van der Waals surface area contributed by atoms with Gasteiger partial charge < -0.3 is 10.1 Å². The summed E-state index contributed by atoms with van der Waals surface area (Å²) in [7, 11) is 1.39. The van der Waals surface area contributed by atoms with Gasteiger partial charge in [0.1, 0.15) is 5.54 Å². The molecule has 2 aromatic carbocycles. The molecule has 5 nitrogen and oxygen atoms in total. The van der Waals surface area contributed by atoms with E-state index in [1.165, 1.54) is 19.2 Å². The van der Waals surface area contributed by atoms with E-state index < -0.39 is 17.4 Å². The van der Waals surface area contributed by atoms with Crippen LogP contribution in [0.2, 0.25) is 0 Å². The van der Waals surface area contributed by atoms with E-state index in [1.54, 1.807) is 6.07 Å². The van der Waals surface area contributed by atoms with Crippen molar-refractivity contribution < 1.29 is 18.7 Å². The van der Waals surface area contributed by atoms with E-state index in [1.807, 2.05) is 24.3 Å². The standard InChI is InChI=1S/C19H17FN2O3/c1-25-16-7-6-12(10-15(16)20)11-22-17(23)19(21-18(22)24)9-8-13-4-2-3-5-14(13)19/h2-7,10H,8-9,11H2,1H3,(H,21,24)/t19-/m1/s1. The molecule has 1 saturated heterocycles. The Kier molecular flexibility index (Phi) is 3.49. The molecule has 2 aromatic rings. The van der Waals surface area contributed by atoms with Crippen molar-refractivity contribution in [1.29, 1.82) is 0 Å². The van der Waals surface area contributed by atoms with Crippen LogP contribution in [0, 0.1) is 5.82 Å². The molecule has 0 unspecified atom stereocenters. The summed E-state index contributed by atoms with van der Waals surface area (Å²) in [4.78, 5) is 26.6. The molecule has 25 heavy (non-hydrogen) atoms. The summed E-state index contributed by atoms with van der Waals surface area (Å²) < 4.78 is 18.8. The number of halogens is 1. The first-order valence-corrected chi connectivity index (χ1v) is 8.10. The number of methoxy groups -OCH3 is 1. The molecule has 1 aliphatic heterocycles. The van der Waals surface area contributed by atoms with E-state index in [0.717, 1.165) is 22.4 Å². The molecule has 0 radical (unpaired) electrons. The molecule has 1 spiro atoms. The average molecular weight is 340 g/mol. The Morgan fingerprint density at radius 1 is 1.24 bits per heavy atom. The summed E-state index contributed by atoms with van der Waals surface area (Å²) in [5.74, 6) is -0.672. The first-order chi connectivity index (χ1) is 12.0. The molecule has 3 amide bonds. The second-order valence-electron chi connectivity index (χ2n) is 6.35. The van der Waals surface area contributed by atoms with Crippen LogP contribution in [-0.2, 0) is 23.3 Å². The molecule has 1 fully saturated rings. The summed E-state index contributed by atoms with van der Waals surface area (Å²) in [6.07, 6.45) is 1.29. The molecule has 1 heterocycles. The number of hydrogen-bond acceptors (Lipinski definition) is 3. The number of aryl methyl sites for hydroxylation is 1. The number of imide groups is 1. The van der Waals surface area contributed by atoms with Gasteiger partial charge in [-0.2, -0.15) is 0 Å². The molecule has 1 N–H and O–H groups in total. The summed E-state index contributed by atoms with van der Waals surface area (Å²) in [5.41, 5.74) is 1.48. The van der Waals surface area contributed by atoms with Crippen molar-refractivity contribution in [2.45, 2.75) is 24.9 Å². The van der Waals surface area contributed by atoms with E-state index in [9.17, 15) is 14.0 Å². The number of ether oxygens (including phenoxy) is 1. The number of hydrogen-bond donors (Lipinski definition) is 1. The van der Waals surface area contributed by atoms with Gasteiger partial charge in [0.15, 0.2) is 11.6 Å². The number of fused-ring (bicyclic) bond motifs is 2. The lowest BCUT2D eigenvalue weighted by molar-refractivity contribution is -0.132. The topological polar surface area (TPSA) is 58.6 Å². The van der Waals surface area contributed by atoms with Gasteiger partial charge in [0.2, 0.25) is 0 Å². The minimum absolute atomic E-state index is 0.0233. The fourth-order valence-corrected chi connectivity index (χ4v) is 3.72. The highest BCUT2D eigenvalue weighted by atomic mass is 19.1. The lowest BCUT2D eigenvalue weighted by atomic mass is 9.92. The molecule has 1 atom stereocenters. The van der Waals surface area contributed by atoms with Gasteiger partial charge in [-0.05, 0) is 41.7 Å². The normalized spacial score (nSPS) is 21.6. The fourth-order valence-electron chi connectivity index (χ4n) is 3.72. The maximum Gasteiger partial charge on any atom is 0.325 e. The predicted octanol–water partition coefficient (Wildman–Crippen LogP) is 2.73. The van der Waals surface area contributed by atoms with Gasteiger partial charge in [-0.3, -0.25) is 9.69 Å². The summed E-state index contributed by atoms with van der Waals surface area (Å²) in [6, 6.07) is 11.6. The van der Waals surface area contributed by atoms with Gasteiger partial charge >= 0.3 is 6.03 Å². The van der Waals surface area contributed by atoms with Gasteiger partial charge in [0.05, 0.1) is 13.7 Å². The van der Waals surface area contributed by atoms with Crippen molar-refractivity contribution in [3.8, 4) is 5.75 Å². The number of nitrogens with zero attached hydrogens (tertiary/aromatic N) is 1. The van der Waals surface area contributed by atoms with E-state index in [2.05, 4.69) is 5.32 Å². The number of urea groups is 1. The minimum Gasteiger partial charge on any atom is -0.494 e. The molecule has 128 valence electrons. The maximum absolute atomic E-state index is 13.9. The quantitative estimate of drug-likeness (QED) is 0.874. The van der Waals surface area contributed by atoms with E-state index >= 15 is 0 Å². The van der Waals surface area contributed by atoms with Crippen molar-refractivity contribution in [2.75, 3.05) is 7.11 Å². The van der Waals surface area contributed by atoms with Crippen molar-refractivity contribution in [2.24, 2.45) is 0 Å². The number of carbonyl (C=O) groups excluding carboxylic acids is 2. The third-order valence-corrected chi connectivity index (χ3v) is 4.98. The number of benzene rings is 2. The minimum atomic E-state index is -0.987. The van der Waals surface area contributed by atoms with Crippen LogP contribution in [-0.4, -0.2) is 23.9 Å². The highest BCUT2D eigenvalue weighted by molar-refractivity contribution is 6.08. The maximum atomic E-state index is 13.9. The average Bonchev–Trinajstić information content (AvgIpc) is 3.09. The van der Waals surface area contributed by atoms with Crippen LogP contribution >= 0.6 is 0 Å². The van der Waals surface area contributed by atoms with Crippen molar-refractivity contribution >= 4 is 11.9 Å². The van der Waals surface area contributed by atoms with Crippen LogP contribution < -0.4 is 10.1 Å². The van der Waals surface area contributed by atoms with E-state index in [0.29, 0.717) is 12.0 Å². The van der Waals surface area contributed by atoms with Crippen LogP contribution in [0.3, 0.4) is 0 Å². The van der Waals surface area contributed by atoms with Gasteiger partial charge in [-0.25, -0.2) is 9.18 Å². The summed E-state index contributed by atoms with van der Waals surface area (Å²) >= 11 is 0. The fraction of sp³-hybridized carbons (Fsp3) is 0.263. The number of rotatable bonds is 3. The van der Waals surface area contributed by atoms with E-state index in [-0.39, 0.29) is 18.2 Å². The highest BCUT2D eigenvalue weighted by Crippen LogP contribution is 2.41. The molecular formula is C19H17FN2O3. The third kappa shape index (κ3) is 2.28. The zero-order valence-corrected chi connectivity index (χ0v) is 13.7. The lowest BCUT2D eigenvalue weighted by Crippen LogP contribution is -2.41. The van der Waals surface area contributed by atoms with Crippen molar-refractivity contribution in [3.63, 3.8) is 0 Å². The van der Waals surface area contributed by atoms with E-state index in [4.69, 9.17) is 4.74 Å². The van der Waals surface area contributed by atoms with Crippen molar-refractivity contribution in [1.82, 2.24) is 10.2 Å². The van der Waals surface area contributed by atoms with Crippen LogP contribution in [0.1, 0.15) is 23.1 Å². The molecule has 6 heteroatoms. The molecule has 0 saturated carbocycles. The zero-order chi connectivity index (χ0) is 17.6. The largest absolute Gasteiger partial charge is 0.494 e.